The molecule has 0 saturated carbocycles. The van der Waals surface area contributed by atoms with Gasteiger partial charge in [-0.05, 0) is 19.1 Å². The maximum absolute atomic E-state index is 5.90. The molecule has 0 atom stereocenters. The van der Waals surface area contributed by atoms with E-state index in [-0.39, 0.29) is 5.54 Å². The Morgan fingerprint density at radius 3 is 2.56 bits per heavy atom. The van der Waals surface area contributed by atoms with Gasteiger partial charge in [0, 0.05) is 29.2 Å². The van der Waals surface area contributed by atoms with E-state index in [0.717, 1.165) is 16.6 Å². The summed E-state index contributed by atoms with van der Waals surface area (Å²) >= 11 is 11.8. The summed E-state index contributed by atoms with van der Waals surface area (Å²) in [5.74, 6) is 0.953. The standard InChI is InChI=1S/C14H16Cl2N2/c1-14(9-15,10-16)17-8-12-7-6-11-4-2-3-5-13(11)18-12/h2-7,17H,8-10H2,1H3. The number of hydrogen-bond acceptors (Lipinski definition) is 2. The highest BCUT2D eigenvalue weighted by Crippen LogP contribution is 2.13. The molecule has 4 heteroatoms. The zero-order valence-electron chi connectivity index (χ0n) is 10.3. The average Bonchev–Trinajstić information content (AvgIpc) is 2.44. The van der Waals surface area contributed by atoms with E-state index >= 15 is 0 Å². The van der Waals surface area contributed by atoms with Gasteiger partial charge in [-0.3, -0.25) is 4.98 Å². The first-order valence-corrected chi connectivity index (χ1v) is 6.95. The third-order valence-corrected chi connectivity index (χ3v) is 4.12. The largest absolute Gasteiger partial charge is 0.304 e. The first-order valence-electron chi connectivity index (χ1n) is 5.88. The first kappa shape index (κ1) is 13.6. The van der Waals surface area contributed by atoms with Crippen LogP contribution >= 0.6 is 23.2 Å². The van der Waals surface area contributed by atoms with Crippen LogP contribution in [0.5, 0.6) is 0 Å². The molecule has 2 nitrogen and oxygen atoms in total. The number of nitrogens with zero attached hydrogens (tertiary/aromatic N) is 1. The molecule has 1 N–H and O–H groups in total. The van der Waals surface area contributed by atoms with Crippen molar-refractivity contribution in [2.75, 3.05) is 11.8 Å². The van der Waals surface area contributed by atoms with Crippen LogP contribution < -0.4 is 5.32 Å². The molecule has 0 radical (unpaired) electrons. The SMILES string of the molecule is CC(CCl)(CCl)NCc1ccc2ccccc2n1. The van der Waals surface area contributed by atoms with Crippen molar-refractivity contribution in [3.8, 4) is 0 Å². The summed E-state index contributed by atoms with van der Waals surface area (Å²) in [5, 5.41) is 4.50. The van der Waals surface area contributed by atoms with Crippen molar-refractivity contribution in [3.05, 3.63) is 42.1 Å². The Labute approximate surface area is 117 Å². The molecule has 2 rings (SSSR count). The number of para-hydroxylation sites is 1. The minimum Gasteiger partial charge on any atom is -0.304 e. The summed E-state index contributed by atoms with van der Waals surface area (Å²) in [5.41, 5.74) is 1.75. The number of benzene rings is 1. The molecule has 0 aliphatic rings. The van der Waals surface area contributed by atoms with Crippen LogP contribution in [0.4, 0.5) is 0 Å². The predicted octanol–water partition coefficient (Wildman–Crippen LogP) is 3.56. The quantitative estimate of drug-likeness (QED) is 0.849. The Kier molecular flexibility index (Phi) is 4.44. The minimum absolute atomic E-state index is 0.254. The lowest BCUT2D eigenvalue weighted by Crippen LogP contribution is -2.45. The topological polar surface area (TPSA) is 24.9 Å². The normalized spacial score (nSPS) is 11.9. The third-order valence-electron chi connectivity index (χ3n) is 2.94. The molecule has 0 fully saturated rings. The van der Waals surface area contributed by atoms with E-state index in [9.17, 15) is 0 Å². The fourth-order valence-corrected chi connectivity index (χ4v) is 2.12. The molecule has 0 unspecified atom stereocenters. The molecule has 96 valence electrons. The van der Waals surface area contributed by atoms with Crippen molar-refractivity contribution >= 4 is 34.1 Å². The number of alkyl halides is 2. The highest BCUT2D eigenvalue weighted by molar-refractivity contribution is 6.22. The van der Waals surface area contributed by atoms with E-state index in [4.69, 9.17) is 23.2 Å². The van der Waals surface area contributed by atoms with Crippen molar-refractivity contribution in [2.45, 2.75) is 19.0 Å². The second kappa shape index (κ2) is 5.87. The number of fused-ring (bicyclic) bond motifs is 1. The Hall–Kier alpha value is -0.830. The van der Waals surface area contributed by atoms with Crippen LogP contribution in [0.2, 0.25) is 0 Å². The molecule has 2 aromatic rings. The van der Waals surface area contributed by atoms with Gasteiger partial charge in [-0.2, -0.15) is 0 Å². The lowest BCUT2D eigenvalue weighted by molar-refractivity contribution is 0.432. The second-order valence-corrected chi connectivity index (χ2v) is 5.21. The smallest absolute Gasteiger partial charge is 0.0705 e. The van der Waals surface area contributed by atoms with E-state index < -0.39 is 0 Å². The second-order valence-electron chi connectivity index (χ2n) is 4.68. The van der Waals surface area contributed by atoms with Crippen molar-refractivity contribution < 1.29 is 0 Å². The summed E-state index contributed by atoms with van der Waals surface area (Å²) in [4.78, 5) is 4.60. The number of hydrogen-bond donors (Lipinski definition) is 1. The van der Waals surface area contributed by atoms with E-state index in [2.05, 4.69) is 22.4 Å². The monoisotopic (exact) mass is 282 g/mol. The zero-order chi connectivity index (χ0) is 13.0. The number of nitrogens with one attached hydrogen (secondary N) is 1. The van der Waals surface area contributed by atoms with Crippen LogP contribution in [0.15, 0.2) is 36.4 Å². The van der Waals surface area contributed by atoms with Crippen LogP contribution in [0.3, 0.4) is 0 Å². The molecule has 1 aromatic heterocycles. The van der Waals surface area contributed by atoms with Gasteiger partial charge in [0.05, 0.1) is 11.2 Å². The summed E-state index contributed by atoms with van der Waals surface area (Å²) in [7, 11) is 0. The average molecular weight is 283 g/mol. The molecule has 0 spiro atoms. The number of rotatable bonds is 5. The summed E-state index contributed by atoms with van der Waals surface area (Å²) in [6, 6.07) is 12.2. The molecule has 18 heavy (non-hydrogen) atoms. The highest BCUT2D eigenvalue weighted by Gasteiger charge is 2.21. The van der Waals surface area contributed by atoms with E-state index in [0.29, 0.717) is 18.3 Å². The number of aromatic nitrogens is 1. The van der Waals surface area contributed by atoms with Gasteiger partial charge in [0.15, 0.2) is 0 Å². The van der Waals surface area contributed by atoms with Crippen LogP contribution in [0.25, 0.3) is 10.9 Å². The molecular formula is C14H16Cl2N2. The number of halogens is 2. The van der Waals surface area contributed by atoms with Crippen LogP contribution in [0, 0.1) is 0 Å². The number of pyridine rings is 1. The third kappa shape index (κ3) is 3.14. The van der Waals surface area contributed by atoms with Crippen molar-refractivity contribution in [2.24, 2.45) is 0 Å². The van der Waals surface area contributed by atoms with Gasteiger partial charge in [0.25, 0.3) is 0 Å². The Bertz CT molecular complexity index is 524. The van der Waals surface area contributed by atoms with Gasteiger partial charge in [-0.1, -0.05) is 24.3 Å². The van der Waals surface area contributed by atoms with Gasteiger partial charge in [0.2, 0.25) is 0 Å². The van der Waals surface area contributed by atoms with E-state index in [1.165, 1.54) is 0 Å². The molecular weight excluding hydrogens is 267 g/mol. The molecule has 1 heterocycles. The molecule has 0 saturated heterocycles. The highest BCUT2D eigenvalue weighted by atomic mass is 35.5. The van der Waals surface area contributed by atoms with Gasteiger partial charge < -0.3 is 5.32 Å². The van der Waals surface area contributed by atoms with Gasteiger partial charge in [0.1, 0.15) is 0 Å². The van der Waals surface area contributed by atoms with E-state index in [1.54, 1.807) is 0 Å². The van der Waals surface area contributed by atoms with Crippen LogP contribution in [-0.2, 0) is 6.54 Å². The van der Waals surface area contributed by atoms with Crippen molar-refractivity contribution in [1.29, 1.82) is 0 Å². The fourth-order valence-electron chi connectivity index (χ4n) is 1.64. The van der Waals surface area contributed by atoms with Crippen LogP contribution in [0.1, 0.15) is 12.6 Å². The fraction of sp³-hybridized carbons (Fsp3) is 0.357. The molecule has 0 bridgehead atoms. The maximum Gasteiger partial charge on any atom is 0.0705 e. The molecule has 0 amide bonds. The summed E-state index contributed by atoms with van der Waals surface area (Å²) in [6.07, 6.45) is 0. The molecule has 1 aromatic carbocycles. The van der Waals surface area contributed by atoms with Gasteiger partial charge in [-0.25, -0.2) is 0 Å². The lowest BCUT2D eigenvalue weighted by atomic mass is 10.1. The van der Waals surface area contributed by atoms with Crippen molar-refractivity contribution in [1.82, 2.24) is 10.3 Å². The van der Waals surface area contributed by atoms with Crippen molar-refractivity contribution in [3.63, 3.8) is 0 Å². The Morgan fingerprint density at radius 1 is 1.11 bits per heavy atom. The van der Waals surface area contributed by atoms with Crippen LogP contribution in [-0.4, -0.2) is 22.3 Å². The maximum atomic E-state index is 5.90. The van der Waals surface area contributed by atoms with Gasteiger partial charge in [-0.15, -0.1) is 23.2 Å². The summed E-state index contributed by atoms with van der Waals surface area (Å²) < 4.78 is 0. The minimum atomic E-state index is -0.254. The van der Waals surface area contributed by atoms with E-state index in [1.807, 2.05) is 31.2 Å². The molecule has 0 aliphatic carbocycles. The zero-order valence-corrected chi connectivity index (χ0v) is 11.8. The Balaban J connectivity index is 2.12. The molecule has 0 aliphatic heterocycles. The predicted molar refractivity (Wildman–Crippen MR) is 78.4 cm³/mol. The summed E-state index contributed by atoms with van der Waals surface area (Å²) in [6.45, 7) is 2.68. The van der Waals surface area contributed by atoms with Gasteiger partial charge >= 0.3 is 0 Å². The first-order chi connectivity index (χ1) is 8.67. The Morgan fingerprint density at radius 2 is 1.83 bits per heavy atom. The lowest BCUT2D eigenvalue weighted by Gasteiger charge is -2.25.